The minimum Gasteiger partial charge on any atom is -0.395 e. The van der Waals surface area contributed by atoms with Crippen LogP contribution in [0.4, 0.5) is 10.2 Å². The van der Waals surface area contributed by atoms with Crippen LogP contribution in [0.15, 0.2) is 79.0 Å². The molecule has 3 aromatic heterocycles. The van der Waals surface area contributed by atoms with Crippen molar-refractivity contribution in [3.63, 3.8) is 0 Å². The summed E-state index contributed by atoms with van der Waals surface area (Å²) in [7, 11) is 0. The summed E-state index contributed by atoms with van der Waals surface area (Å²) in [5, 5.41) is 25.9. The Balaban J connectivity index is 0.749. The largest absolute Gasteiger partial charge is 0.395 e. The summed E-state index contributed by atoms with van der Waals surface area (Å²) < 4.78 is 18.9. The maximum atomic E-state index is 14.9. The number of imide groups is 1. The molecule has 3 saturated heterocycles. The number of aryl methyl sites for hydroxylation is 3. The van der Waals surface area contributed by atoms with E-state index >= 15 is 0 Å². The molecule has 15 nitrogen and oxygen atoms in total. The van der Waals surface area contributed by atoms with E-state index < -0.39 is 17.8 Å². The van der Waals surface area contributed by atoms with Crippen LogP contribution in [0.25, 0.3) is 28.0 Å². The van der Waals surface area contributed by atoms with Crippen molar-refractivity contribution in [2.45, 2.75) is 76.9 Å². The molecule has 1 atom stereocenters. The Morgan fingerprint density at radius 3 is 2.41 bits per heavy atom. The molecule has 3 amide bonds. The van der Waals surface area contributed by atoms with Crippen molar-refractivity contribution in [2.24, 2.45) is 0 Å². The molecule has 3 fully saturated rings. The fourth-order valence-electron chi connectivity index (χ4n) is 10.4. The number of carbonyl (C=O) groups is 3. The SMILES string of the molecule is Cc1nn2c(N3CCN(CCO)CC3)cc(-c3cccc(CCCc4cn(CCN5CCC(c6cc(F)cc7c6CN(C6CCC(=O)NC6=O)C7=O)CC5)nn4)c3)nc2c1-c1ccccc1. The Hall–Kier alpha value is -6.36. The fraction of sp³-hybridized carbons (Fsp3) is 0.420. The number of nitrogens with zero attached hydrogens (tertiary/aromatic N) is 10. The molecule has 2 N–H and O–H groups in total. The molecule has 1 unspecified atom stereocenters. The zero-order valence-electron chi connectivity index (χ0n) is 37.4. The molecule has 3 aromatic carbocycles. The van der Waals surface area contributed by atoms with Gasteiger partial charge in [0, 0.05) is 81.2 Å². The van der Waals surface area contributed by atoms with Gasteiger partial charge in [0.1, 0.15) is 17.7 Å². The van der Waals surface area contributed by atoms with Crippen LogP contribution in [0.3, 0.4) is 0 Å². The van der Waals surface area contributed by atoms with E-state index in [2.05, 4.69) is 91.8 Å². The minimum atomic E-state index is -0.728. The van der Waals surface area contributed by atoms with Gasteiger partial charge in [0.05, 0.1) is 30.2 Å². The Morgan fingerprint density at radius 1 is 0.833 bits per heavy atom. The van der Waals surface area contributed by atoms with Gasteiger partial charge < -0.3 is 19.8 Å². The van der Waals surface area contributed by atoms with Gasteiger partial charge in [-0.1, -0.05) is 53.7 Å². The average Bonchev–Trinajstić information content (AvgIpc) is 4.03. The number of fused-ring (bicyclic) bond motifs is 2. The number of aromatic nitrogens is 6. The summed E-state index contributed by atoms with van der Waals surface area (Å²) >= 11 is 0. The molecule has 6 aromatic rings. The highest BCUT2D eigenvalue weighted by Gasteiger charge is 2.41. The Labute approximate surface area is 383 Å². The summed E-state index contributed by atoms with van der Waals surface area (Å²) in [6.07, 6.45) is 6.78. The molecule has 16 heteroatoms. The number of amides is 3. The van der Waals surface area contributed by atoms with Crippen molar-refractivity contribution in [1.29, 1.82) is 0 Å². The molecule has 7 heterocycles. The van der Waals surface area contributed by atoms with Gasteiger partial charge in [-0.2, -0.15) is 9.61 Å². The third kappa shape index (κ3) is 8.96. The number of halogens is 1. The monoisotopic (exact) mass is 893 g/mol. The van der Waals surface area contributed by atoms with Crippen molar-refractivity contribution >= 4 is 29.2 Å². The van der Waals surface area contributed by atoms with E-state index in [1.165, 1.54) is 16.5 Å². The topological polar surface area (TPSA) is 157 Å². The molecule has 0 radical (unpaired) electrons. The van der Waals surface area contributed by atoms with Crippen LogP contribution >= 0.6 is 0 Å². The maximum absolute atomic E-state index is 14.9. The van der Waals surface area contributed by atoms with Gasteiger partial charge >= 0.3 is 0 Å². The van der Waals surface area contributed by atoms with E-state index in [-0.39, 0.29) is 43.7 Å². The smallest absolute Gasteiger partial charge is 0.255 e. The summed E-state index contributed by atoms with van der Waals surface area (Å²) in [5.41, 5.74) is 10.1. The van der Waals surface area contributed by atoms with Gasteiger partial charge in [0.2, 0.25) is 11.8 Å². The summed E-state index contributed by atoms with van der Waals surface area (Å²) in [6.45, 7) is 9.78. The van der Waals surface area contributed by atoms with Crippen LogP contribution in [0, 0.1) is 12.7 Å². The highest BCUT2D eigenvalue weighted by Crippen LogP contribution is 2.38. The first-order valence-corrected chi connectivity index (χ1v) is 23.4. The predicted molar refractivity (Wildman–Crippen MR) is 247 cm³/mol. The molecule has 342 valence electrons. The number of hydrogen-bond donors (Lipinski definition) is 2. The van der Waals surface area contributed by atoms with E-state index in [4.69, 9.17) is 10.1 Å². The molecular formula is C50H56FN11O4. The Bertz CT molecular complexity index is 2760. The highest BCUT2D eigenvalue weighted by molar-refractivity contribution is 6.05. The molecule has 0 spiro atoms. The Morgan fingerprint density at radius 2 is 1.62 bits per heavy atom. The van der Waals surface area contributed by atoms with Gasteiger partial charge in [-0.3, -0.25) is 29.3 Å². The van der Waals surface area contributed by atoms with Crippen molar-refractivity contribution in [3.8, 4) is 22.4 Å². The van der Waals surface area contributed by atoms with Gasteiger partial charge in [0.25, 0.3) is 5.91 Å². The van der Waals surface area contributed by atoms with E-state index in [0.29, 0.717) is 18.7 Å². The quantitative estimate of drug-likeness (QED) is 0.142. The molecule has 4 aliphatic rings. The predicted octanol–water partition coefficient (Wildman–Crippen LogP) is 5.03. The molecule has 0 bridgehead atoms. The average molecular weight is 894 g/mol. The number of likely N-dealkylation sites (tertiary alicyclic amines) is 1. The number of carbonyl (C=O) groups excluding carboxylic acids is 3. The van der Waals surface area contributed by atoms with Crippen LogP contribution in [0.2, 0.25) is 0 Å². The molecular weight excluding hydrogens is 838 g/mol. The minimum absolute atomic E-state index is 0.106. The molecule has 4 aliphatic heterocycles. The first kappa shape index (κ1) is 43.5. The van der Waals surface area contributed by atoms with Gasteiger partial charge in [-0.05, 0) is 105 Å². The van der Waals surface area contributed by atoms with Gasteiger partial charge in [0.15, 0.2) is 5.65 Å². The van der Waals surface area contributed by atoms with Crippen LogP contribution in [-0.4, -0.2) is 132 Å². The first-order chi connectivity index (χ1) is 32.2. The molecule has 0 saturated carbocycles. The van der Waals surface area contributed by atoms with Crippen LogP contribution in [-0.2, 0) is 35.5 Å². The summed E-state index contributed by atoms with van der Waals surface area (Å²) in [4.78, 5) is 51.6. The summed E-state index contributed by atoms with van der Waals surface area (Å²) in [5.74, 6) is -0.457. The standard InChI is InChI=1S/C50H56FN11O4/c1-33-47(36-9-3-2-4-10-36)48-52-43(30-46(62(48)55-33)59-22-19-58(20-23-59)25-26-63)37-11-5-7-34(27-37)8-6-12-39-31-60(56-54-39)24-21-57-17-15-35(16-18-57)40-28-38(51)29-41-42(40)32-61(50(41)66)44-13-14-45(64)53-49(44)65/h2-5,7,9-11,27-31,35,44,63H,6,8,12-26,32H2,1H3,(H,53,64,65). The normalized spacial score (nSPS) is 18.7. The number of nitrogens with one attached hydrogen (secondary N) is 1. The van der Waals surface area contributed by atoms with Crippen LogP contribution in [0.1, 0.15) is 76.5 Å². The second kappa shape index (κ2) is 18.9. The van der Waals surface area contributed by atoms with Crippen molar-refractivity contribution in [3.05, 3.63) is 118 Å². The van der Waals surface area contributed by atoms with Gasteiger partial charge in [-0.25, -0.2) is 9.37 Å². The second-order valence-corrected chi connectivity index (χ2v) is 18.2. The van der Waals surface area contributed by atoms with E-state index in [9.17, 15) is 23.9 Å². The first-order valence-electron chi connectivity index (χ1n) is 23.4. The van der Waals surface area contributed by atoms with E-state index in [1.807, 2.05) is 21.5 Å². The lowest BCUT2D eigenvalue weighted by molar-refractivity contribution is -0.136. The Kier molecular flexibility index (Phi) is 12.4. The van der Waals surface area contributed by atoms with Crippen molar-refractivity contribution in [1.82, 2.24) is 49.6 Å². The number of anilines is 1. The number of rotatable bonds is 14. The lowest BCUT2D eigenvalue weighted by Gasteiger charge is -2.35. The lowest BCUT2D eigenvalue weighted by atomic mass is 9.85. The van der Waals surface area contributed by atoms with E-state index in [0.717, 1.165) is 134 Å². The third-order valence-electron chi connectivity index (χ3n) is 14.0. The zero-order chi connectivity index (χ0) is 45.3. The number of β-amino-alcohol motifs (C(OH)–C–C–N with tert-alkyl or cyclic N) is 1. The number of piperidine rings is 2. The van der Waals surface area contributed by atoms with Crippen molar-refractivity contribution in [2.75, 3.05) is 63.9 Å². The summed E-state index contributed by atoms with van der Waals surface area (Å²) in [6, 6.07) is 23.4. The van der Waals surface area contributed by atoms with Crippen LogP contribution in [0.5, 0.6) is 0 Å². The number of hydrogen-bond acceptors (Lipinski definition) is 11. The molecule has 66 heavy (non-hydrogen) atoms. The van der Waals surface area contributed by atoms with Crippen molar-refractivity contribution < 1.29 is 23.9 Å². The number of benzene rings is 3. The number of aliphatic hydroxyl groups excluding tert-OH is 1. The van der Waals surface area contributed by atoms with E-state index in [1.54, 1.807) is 6.07 Å². The fourth-order valence-corrected chi connectivity index (χ4v) is 10.4. The lowest BCUT2D eigenvalue weighted by Crippen LogP contribution is -2.52. The molecule has 10 rings (SSSR count). The van der Waals surface area contributed by atoms with Crippen LogP contribution < -0.4 is 10.2 Å². The third-order valence-corrected chi connectivity index (χ3v) is 14.0. The second-order valence-electron chi connectivity index (χ2n) is 18.2. The number of piperazine rings is 1. The maximum Gasteiger partial charge on any atom is 0.255 e. The van der Waals surface area contributed by atoms with Gasteiger partial charge in [-0.15, -0.1) is 5.10 Å². The molecule has 0 aliphatic carbocycles. The number of aliphatic hydroxyl groups is 1. The highest BCUT2D eigenvalue weighted by atomic mass is 19.1. The zero-order valence-corrected chi connectivity index (χ0v) is 37.4.